The van der Waals surface area contributed by atoms with E-state index >= 15 is 0 Å². The Balaban J connectivity index is 0.000000671. The summed E-state index contributed by atoms with van der Waals surface area (Å²) >= 11 is 0. The average molecular weight is 184 g/mol. The molecule has 0 aromatic rings. The summed E-state index contributed by atoms with van der Waals surface area (Å²) in [4.78, 5) is 0. The molecule has 0 bridgehead atoms. The van der Waals surface area contributed by atoms with Crippen LogP contribution in [-0.4, -0.2) is 0 Å². The molecule has 1 rings (SSSR count). The molecule has 0 heterocycles. The standard InChI is InChI=1S/C11H22.C2H6/c1-4-10-6-5-7-11(8-10)9(2)3;1-2/h9-11H,4-8H2,1-3H3;1-2H3. The first-order valence-corrected chi connectivity index (χ1v) is 6.24. The van der Waals surface area contributed by atoms with E-state index < -0.39 is 0 Å². The van der Waals surface area contributed by atoms with Crippen LogP contribution in [0, 0.1) is 17.8 Å². The van der Waals surface area contributed by atoms with Crippen LogP contribution in [0.5, 0.6) is 0 Å². The van der Waals surface area contributed by atoms with Gasteiger partial charge in [-0.1, -0.05) is 60.3 Å². The monoisotopic (exact) mass is 184 g/mol. The molecule has 0 saturated heterocycles. The van der Waals surface area contributed by atoms with E-state index in [1.165, 1.54) is 32.1 Å². The maximum absolute atomic E-state index is 2.38. The molecule has 0 N–H and O–H groups in total. The van der Waals surface area contributed by atoms with Gasteiger partial charge in [0.05, 0.1) is 0 Å². The third-order valence-corrected chi connectivity index (χ3v) is 3.34. The molecule has 0 aromatic carbocycles. The van der Waals surface area contributed by atoms with Gasteiger partial charge in [-0.25, -0.2) is 0 Å². The van der Waals surface area contributed by atoms with Crippen LogP contribution in [-0.2, 0) is 0 Å². The van der Waals surface area contributed by atoms with Gasteiger partial charge >= 0.3 is 0 Å². The van der Waals surface area contributed by atoms with Crippen molar-refractivity contribution in [3.8, 4) is 0 Å². The third-order valence-electron chi connectivity index (χ3n) is 3.34. The smallest absolute Gasteiger partial charge is 0.0388 e. The molecule has 13 heavy (non-hydrogen) atoms. The summed E-state index contributed by atoms with van der Waals surface area (Å²) in [6, 6.07) is 0. The van der Waals surface area contributed by atoms with E-state index in [-0.39, 0.29) is 0 Å². The molecule has 0 nitrogen and oxygen atoms in total. The fourth-order valence-corrected chi connectivity index (χ4v) is 2.31. The van der Waals surface area contributed by atoms with Crippen LogP contribution in [0.25, 0.3) is 0 Å². The second-order valence-electron chi connectivity index (χ2n) is 4.44. The van der Waals surface area contributed by atoms with E-state index in [4.69, 9.17) is 0 Å². The largest absolute Gasteiger partial charge is 0.0683 e. The summed E-state index contributed by atoms with van der Waals surface area (Å²) in [5, 5.41) is 0. The van der Waals surface area contributed by atoms with Crippen molar-refractivity contribution in [1.82, 2.24) is 0 Å². The maximum Gasteiger partial charge on any atom is -0.0388 e. The Morgan fingerprint density at radius 2 is 1.77 bits per heavy atom. The molecular weight excluding hydrogens is 156 g/mol. The van der Waals surface area contributed by atoms with E-state index in [1.54, 1.807) is 0 Å². The molecule has 2 unspecified atom stereocenters. The Hall–Kier alpha value is 0. The Bertz CT molecular complexity index is 105. The fourth-order valence-electron chi connectivity index (χ4n) is 2.31. The zero-order valence-electron chi connectivity index (χ0n) is 10.3. The van der Waals surface area contributed by atoms with Crippen molar-refractivity contribution in [1.29, 1.82) is 0 Å². The molecule has 1 fully saturated rings. The van der Waals surface area contributed by atoms with Crippen molar-refractivity contribution in [2.45, 2.75) is 66.7 Å². The van der Waals surface area contributed by atoms with Gasteiger partial charge in [-0.15, -0.1) is 0 Å². The average Bonchev–Trinajstić information content (AvgIpc) is 2.21. The Labute approximate surface area is 85.1 Å². The van der Waals surface area contributed by atoms with Gasteiger partial charge in [0.2, 0.25) is 0 Å². The van der Waals surface area contributed by atoms with Crippen molar-refractivity contribution in [2.75, 3.05) is 0 Å². The predicted molar refractivity (Wildman–Crippen MR) is 61.9 cm³/mol. The van der Waals surface area contributed by atoms with E-state index in [0.717, 1.165) is 17.8 Å². The number of hydrogen-bond acceptors (Lipinski definition) is 0. The molecular formula is C13H28. The van der Waals surface area contributed by atoms with Crippen LogP contribution in [0.1, 0.15) is 66.7 Å². The lowest BCUT2D eigenvalue weighted by Crippen LogP contribution is -2.19. The van der Waals surface area contributed by atoms with Gasteiger partial charge < -0.3 is 0 Å². The molecule has 0 aliphatic heterocycles. The normalized spacial score (nSPS) is 28.2. The molecule has 0 radical (unpaired) electrons. The van der Waals surface area contributed by atoms with Gasteiger partial charge in [-0.2, -0.15) is 0 Å². The van der Waals surface area contributed by atoms with Gasteiger partial charge in [-0.05, 0) is 24.2 Å². The van der Waals surface area contributed by atoms with E-state index in [0.29, 0.717) is 0 Å². The summed E-state index contributed by atoms with van der Waals surface area (Å²) in [5.41, 5.74) is 0. The minimum absolute atomic E-state index is 0.921. The van der Waals surface area contributed by atoms with E-state index in [2.05, 4.69) is 20.8 Å². The van der Waals surface area contributed by atoms with Crippen LogP contribution in [0.3, 0.4) is 0 Å². The molecule has 80 valence electrons. The van der Waals surface area contributed by atoms with Gasteiger partial charge in [-0.3, -0.25) is 0 Å². The zero-order valence-corrected chi connectivity index (χ0v) is 10.3. The van der Waals surface area contributed by atoms with Crippen LogP contribution >= 0.6 is 0 Å². The quantitative estimate of drug-likeness (QED) is 0.573. The van der Waals surface area contributed by atoms with Crippen LogP contribution < -0.4 is 0 Å². The summed E-state index contributed by atoms with van der Waals surface area (Å²) in [7, 11) is 0. The van der Waals surface area contributed by atoms with Crippen LogP contribution in [0.4, 0.5) is 0 Å². The molecule has 1 saturated carbocycles. The van der Waals surface area contributed by atoms with Crippen LogP contribution in [0.2, 0.25) is 0 Å². The van der Waals surface area contributed by atoms with Gasteiger partial charge in [0.15, 0.2) is 0 Å². The van der Waals surface area contributed by atoms with Crippen molar-refractivity contribution in [2.24, 2.45) is 17.8 Å². The lowest BCUT2D eigenvalue weighted by molar-refractivity contribution is 0.211. The predicted octanol–water partition coefficient (Wildman–Crippen LogP) is 4.89. The van der Waals surface area contributed by atoms with E-state index in [1.807, 2.05) is 13.8 Å². The van der Waals surface area contributed by atoms with Crippen molar-refractivity contribution in [3.63, 3.8) is 0 Å². The Kier molecular flexibility index (Phi) is 7.41. The van der Waals surface area contributed by atoms with Gasteiger partial charge in [0.25, 0.3) is 0 Å². The van der Waals surface area contributed by atoms with Gasteiger partial charge in [0.1, 0.15) is 0 Å². The second kappa shape index (κ2) is 7.41. The molecule has 2 atom stereocenters. The molecule has 0 aromatic heterocycles. The molecule has 0 amide bonds. The Morgan fingerprint density at radius 1 is 1.15 bits per heavy atom. The molecule has 0 spiro atoms. The summed E-state index contributed by atoms with van der Waals surface area (Å²) in [5.74, 6) is 3.01. The first kappa shape index (κ1) is 13.0. The summed E-state index contributed by atoms with van der Waals surface area (Å²) in [6.45, 7) is 11.1. The topological polar surface area (TPSA) is 0 Å². The molecule has 0 heteroatoms. The summed E-state index contributed by atoms with van der Waals surface area (Å²) < 4.78 is 0. The number of hydrogen-bond donors (Lipinski definition) is 0. The highest BCUT2D eigenvalue weighted by Crippen LogP contribution is 2.34. The van der Waals surface area contributed by atoms with Crippen LogP contribution in [0.15, 0.2) is 0 Å². The van der Waals surface area contributed by atoms with Gasteiger partial charge in [0, 0.05) is 0 Å². The fraction of sp³-hybridized carbons (Fsp3) is 1.00. The first-order valence-electron chi connectivity index (χ1n) is 6.24. The van der Waals surface area contributed by atoms with Crippen molar-refractivity contribution in [3.05, 3.63) is 0 Å². The highest BCUT2D eigenvalue weighted by atomic mass is 14.3. The Morgan fingerprint density at radius 3 is 2.23 bits per heavy atom. The second-order valence-corrected chi connectivity index (χ2v) is 4.44. The van der Waals surface area contributed by atoms with E-state index in [9.17, 15) is 0 Å². The van der Waals surface area contributed by atoms with Crippen molar-refractivity contribution < 1.29 is 0 Å². The number of rotatable bonds is 2. The first-order chi connectivity index (χ1) is 6.24. The lowest BCUT2D eigenvalue weighted by Gasteiger charge is -2.30. The van der Waals surface area contributed by atoms with Crippen molar-refractivity contribution >= 4 is 0 Å². The lowest BCUT2D eigenvalue weighted by atomic mass is 9.75. The SMILES string of the molecule is CC.CCC1CCCC(C(C)C)C1. The summed E-state index contributed by atoms with van der Waals surface area (Å²) in [6.07, 6.45) is 7.40. The minimum atomic E-state index is 0.921. The zero-order chi connectivity index (χ0) is 10.3. The minimum Gasteiger partial charge on any atom is -0.0683 e. The molecule has 1 aliphatic carbocycles. The highest BCUT2D eigenvalue weighted by Gasteiger charge is 2.22. The maximum atomic E-state index is 2.38. The highest BCUT2D eigenvalue weighted by molar-refractivity contribution is 4.74. The molecule has 1 aliphatic rings. The third kappa shape index (κ3) is 4.69.